The number of aromatic amines is 1. The maximum Gasteiger partial charge on any atom is 0.201 e. The van der Waals surface area contributed by atoms with Crippen LogP contribution in [0.5, 0.6) is 0 Å². The molecule has 0 unspecified atom stereocenters. The first-order chi connectivity index (χ1) is 4.84. The van der Waals surface area contributed by atoms with Crippen molar-refractivity contribution in [1.82, 2.24) is 9.97 Å². The molecule has 10 heavy (non-hydrogen) atoms. The molecule has 0 radical (unpaired) electrons. The molecule has 1 aliphatic carbocycles. The second-order valence-corrected chi connectivity index (χ2v) is 2.91. The number of H-pyrrole nitrogens is 1. The predicted octanol–water partition coefficient (Wildman–Crippen LogP) is 1.64. The van der Waals surface area contributed by atoms with E-state index in [1.54, 1.807) is 6.20 Å². The fourth-order valence-electron chi connectivity index (χ4n) is 0.793. The summed E-state index contributed by atoms with van der Waals surface area (Å²) in [5.41, 5.74) is 0. The minimum atomic E-state index is 0.586. The van der Waals surface area contributed by atoms with Crippen molar-refractivity contribution in [1.29, 1.82) is 0 Å². The molecule has 0 saturated heterocycles. The van der Waals surface area contributed by atoms with Crippen molar-refractivity contribution in [2.45, 2.75) is 18.9 Å². The lowest BCUT2D eigenvalue weighted by molar-refractivity contribution is 1.09. The summed E-state index contributed by atoms with van der Waals surface area (Å²) in [6.45, 7) is 0. The summed E-state index contributed by atoms with van der Waals surface area (Å²) in [5, 5.41) is 3.77. The Morgan fingerprint density at radius 3 is 3.00 bits per heavy atom. The van der Waals surface area contributed by atoms with Crippen molar-refractivity contribution in [3.8, 4) is 0 Å². The molecular weight excluding hydrogens is 150 g/mol. The lowest BCUT2D eigenvalue weighted by Gasteiger charge is -1.95. The molecule has 1 aromatic heterocycles. The van der Waals surface area contributed by atoms with Crippen molar-refractivity contribution in [3.05, 3.63) is 11.3 Å². The molecular formula is C6H8ClN3. The van der Waals surface area contributed by atoms with Crippen molar-refractivity contribution < 1.29 is 0 Å². The first kappa shape index (κ1) is 6.04. The van der Waals surface area contributed by atoms with Crippen LogP contribution in [0.2, 0.25) is 5.15 Å². The molecule has 1 heterocycles. The van der Waals surface area contributed by atoms with E-state index in [1.165, 1.54) is 12.8 Å². The van der Waals surface area contributed by atoms with Crippen LogP contribution in [-0.2, 0) is 0 Å². The van der Waals surface area contributed by atoms with Crippen LogP contribution in [0.1, 0.15) is 12.8 Å². The van der Waals surface area contributed by atoms with Crippen LogP contribution >= 0.6 is 11.6 Å². The van der Waals surface area contributed by atoms with E-state index in [-0.39, 0.29) is 0 Å². The molecule has 0 aromatic carbocycles. The molecule has 0 amide bonds. The molecule has 0 bridgehead atoms. The monoisotopic (exact) mass is 157 g/mol. The Kier molecular flexibility index (Phi) is 1.31. The topological polar surface area (TPSA) is 40.7 Å². The number of hydrogen-bond donors (Lipinski definition) is 2. The van der Waals surface area contributed by atoms with Crippen molar-refractivity contribution in [3.63, 3.8) is 0 Å². The third-order valence-corrected chi connectivity index (χ3v) is 1.66. The summed E-state index contributed by atoms with van der Waals surface area (Å²) in [7, 11) is 0. The summed E-state index contributed by atoms with van der Waals surface area (Å²) in [6, 6.07) is 0.627. The first-order valence-electron chi connectivity index (χ1n) is 3.31. The highest BCUT2D eigenvalue weighted by Crippen LogP contribution is 2.23. The Labute approximate surface area is 63.8 Å². The average molecular weight is 158 g/mol. The number of rotatable bonds is 2. The van der Waals surface area contributed by atoms with Gasteiger partial charge < -0.3 is 10.3 Å². The van der Waals surface area contributed by atoms with Gasteiger partial charge in [-0.05, 0) is 12.8 Å². The summed E-state index contributed by atoms with van der Waals surface area (Å²) < 4.78 is 0. The smallest absolute Gasteiger partial charge is 0.201 e. The molecule has 0 aliphatic heterocycles. The zero-order valence-corrected chi connectivity index (χ0v) is 6.15. The standard InChI is InChI=1S/C6H8ClN3/c7-5-3-8-6(10-5)9-4-1-2-4/h3-4H,1-2H2,(H2,8,9,10). The van der Waals surface area contributed by atoms with Crippen molar-refractivity contribution in [2.75, 3.05) is 5.32 Å². The molecule has 1 aromatic rings. The maximum absolute atomic E-state index is 5.61. The lowest BCUT2D eigenvalue weighted by Crippen LogP contribution is -2.01. The van der Waals surface area contributed by atoms with E-state index < -0.39 is 0 Å². The van der Waals surface area contributed by atoms with Gasteiger partial charge in [0.05, 0.1) is 6.20 Å². The maximum atomic E-state index is 5.61. The van der Waals surface area contributed by atoms with Crippen LogP contribution in [0, 0.1) is 0 Å². The van der Waals surface area contributed by atoms with E-state index in [1.807, 2.05) is 0 Å². The Bertz CT molecular complexity index is 229. The first-order valence-corrected chi connectivity index (χ1v) is 3.69. The molecule has 3 nitrogen and oxygen atoms in total. The fraction of sp³-hybridized carbons (Fsp3) is 0.500. The SMILES string of the molecule is Clc1cnc(NC2CC2)[nH]1. The highest BCUT2D eigenvalue weighted by Gasteiger charge is 2.21. The number of halogens is 1. The number of imidazole rings is 1. The molecule has 1 fully saturated rings. The number of nitrogens with one attached hydrogen (secondary N) is 2. The Morgan fingerprint density at radius 1 is 1.70 bits per heavy atom. The number of nitrogens with zero attached hydrogens (tertiary/aromatic N) is 1. The van der Waals surface area contributed by atoms with Crippen molar-refractivity contribution in [2.24, 2.45) is 0 Å². The quantitative estimate of drug-likeness (QED) is 0.685. The van der Waals surface area contributed by atoms with Gasteiger partial charge in [0.15, 0.2) is 0 Å². The highest BCUT2D eigenvalue weighted by molar-refractivity contribution is 6.29. The van der Waals surface area contributed by atoms with Gasteiger partial charge in [-0.15, -0.1) is 0 Å². The second-order valence-electron chi connectivity index (χ2n) is 2.50. The molecule has 2 rings (SSSR count). The third kappa shape index (κ3) is 1.24. The van der Waals surface area contributed by atoms with Gasteiger partial charge in [-0.25, -0.2) is 4.98 Å². The van der Waals surface area contributed by atoms with Gasteiger partial charge in [0.25, 0.3) is 0 Å². The Hall–Kier alpha value is -0.700. The molecule has 1 saturated carbocycles. The number of aromatic nitrogens is 2. The highest BCUT2D eigenvalue weighted by atomic mass is 35.5. The Balaban J connectivity index is 2.03. The van der Waals surface area contributed by atoms with Crippen LogP contribution in [0.15, 0.2) is 6.20 Å². The van der Waals surface area contributed by atoms with Gasteiger partial charge in [0.2, 0.25) is 5.95 Å². The Morgan fingerprint density at radius 2 is 2.50 bits per heavy atom. The van der Waals surface area contributed by atoms with E-state index in [9.17, 15) is 0 Å². The van der Waals surface area contributed by atoms with Crippen molar-refractivity contribution >= 4 is 17.5 Å². The van der Waals surface area contributed by atoms with Crippen LogP contribution in [-0.4, -0.2) is 16.0 Å². The predicted molar refractivity (Wildman–Crippen MR) is 40.2 cm³/mol. The van der Waals surface area contributed by atoms with Crippen LogP contribution < -0.4 is 5.32 Å². The van der Waals surface area contributed by atoms with Gasteiger partial charge in [0.1, 0.15) is 5.15 Å². The zero-order chi connectivity index (χ0) is 6.97. The average Bonchev–Trinajstić information content (AvgIpc) is 2.59. The minimum absolute atomic E-state index is 0.586. The normalized spacial score (nSPS) is 17.3. The largest absolute Gasteiger partial charge is 0.353 e. The van der Waals surface area contributed by atoms with E-state index >= 15 is 0 Å². The van der Waals surface area contributed by atoms with Gasteiger partial charge in [-0.2, -0.15) is 0 Å². The summed E-state index contributed by atoms with van der Waals surface area (Å²) in [4.78, 5) is 6.89. The minimum Gasteiger partial charge on any atom is -0.353 e. The van der Waals surface area contributed by atoms with Crippen LogP contribution in [0.3, 0.4) is 0 Å². The molecule has 4 heteroatoms. The molecule has 54 valence electrons. The number of anilines is 1. The van der Waals surface area contributed by atoms with E-state index in [0.717, 1.165) is 5.95 Å². The molecule has 0 spiro atoms. The lowest BCUT2D eigenvalue weighted by atomic mass is 10.7. The molecule has 1 aliphatic rings. The molecule has 2 N–H and O–H groups in total. The molecule has 0 atom stereocenters. The third-order valence-electron chi connectivity index (χ3n) is 1.46. The van der Waals surface area contributed by atoms with Crippen LogP contribution in [0.25, 0.3) is 0 Å². The van der Waals surface area contributed by atoms with E-state index in [0.29, 0.717) is 11.2 Å². The van der Waals surface area contributed by atoms with Gasteiger partial charge >= 0.3 is 0 Å². The zero-order valence-electron chi connectivity index (χ0n) is 5.39. The van der Waals surface area contributed by atoms with Crippen LogP contribution in [0.4, 0.5) is 5.95 Å². The number of hydrogen-bond acceptors (Lipinski definition) is 2. The van der Waals surface area contributed by atoms with Gasteiger partial charge in [0, 0.05) is 6.04 Å². The summed E-state index contributed by atoms with van der Waals surface area (Å²) in [5.74, 6) is 0.785. The van der Waals surface area contributed by atoms with Gasteiger partial charge in [-0.1, -0.05) is 11.6 Å². The van der Waals surface area contributed by atoms with E-state index in [4.69, 9.17) is 11.6 Å². The van der Waals surface area contributed by atoms with E-state index in [2.05, 4.69) is 15.3 Å². The summed E-state index contributed by atoms with van der Waals surface area (Å²) >= 11 is 5.61. The summed E-state index contributed by atoms with van der Waals surface area (Å²) in [6.07, 6.45) is 4.10. The second kappa shape index (κ2) is 2.16. The van der Waals surface area contributed by atoms with Gasteiger partial charge in [-0.3, -0.25) is 0 Å². The fourth-order valence-corrected chi connectivity index (χ4v) is 0.932.